The van der Waals surface area contributed by atoms with E-state index >= 15 is 0 Å². The number of nitrogens with one attached hydrogen (secondary N) is 1. The molecule has 1 rings (SSSR count). The Balaban J connectivity index is 2.90. The molecular formula is C17H36N2. The Morgan fingerprint density at radius 2 is 1.79 bits per heavy atom. The van der Waals surface area contributed by atoms with Gasteiger partial charge in [0.15, 0.2) is 0 Å². The molecule has 0 aromatic carbocycles. The Kier molecular flexibility index (Phi) is 6.82. The summed E-state index contributed by atoms with van der Waals surface area (Å²) in [7, 11) is 4.58. The molecule has 0 heterocycles. The molecule has 2 unspecified atom stereocenters. The van der Waals surface area contributed by atoms with E-state index in [1.165, 1.54) is 38.5 Å². The van der Waals surface area contributed by atoms with E-state index < -0.39 is 0 Å². The summed E-state index contributed by atoms with van der Waals surface area (Å²) in [5.74, 6) is 1.67. The van der Waals surface area contributed by atoms with Crippen molar-refractivity contribution in [3.05, 3.63) is 0 Å². The summed E-state index contributed by atoms with van der Waals surface area (Å²) in [5, 5.41) is 3.89. The van der Waals surface area contributed by atoms with Crippen molar-refractivity contribution in [3.63, 3.8) is 0 Å². The molecule has 1 N–H and O–H groups in total. The maximum Gasteiger partial charge on any atom is 0.0359 e. The smallest absolute Gasteiger partial charge is 0.0359 e. The van der Waals surface area contributed by atoms with Crippen LogP contribution in [0, 0.1) is 11.8 Å². The predicted molar refractivity (Wildman–Crippen MR) is 85.6 cm³/mol. The summed E-state index contributed by atoms with van der Waals surface area (Å²) in [6.45, 7) is 10.6. The van der Waals surface area contributed by atoms with Crippen molar-refractivity contribution in [2.24, 2.45) is 11.8 Å². The Morgan fingerprint density at radius 3 is 2.21 bits per heavy atom. The second-order valence-corrected chi connectivity index (χ2v) is 7.00. The van der Waals surface area contributed by atoms with Gasteiger partial charge in [0.25, 0.3) is 0 Å². The summed E-state index contributed by atoms with van der Waals surface area (Å²) < 4.78 is 0. The van der Waals surface area contributed by atoms with Gasteiger partial charge in [-0.1, -0.05) is 34.1 Å². The molecule has 1 saturated carbocycles. The van der Waals surface area contributed by atoms with Crippen molar-refractivity contribution in [2.75, 3.05) is 20.6 Å². The first kappa shape index (κ1) is 17.0. The largest absolute Gasteiger partial charge is 0.312 e. The zero-order valence-electron chi connectivity index (χ0n) is 14.1. The molecule has 1 aliphatic rings. The lowest BCUT2D eigenvalue weighted by Gasteiger charge is -2.52. The number of likely N-dealkylation sites (N-methyl/N-ethyl adjacent to an activating group) is 1. The molecule has 19 heavy (non-hydrogen) atoms. The maximum absolute atomic E-state index is 3.89. The summed E-state index contributed by atoms with van der Waals surface area (Å²) in [6.07, 6.45) is 7.98. The SMILES string of the molecule is CCCNC(C(C)CC)C1(N(C)C)CCC(C)CC1. The fraction of sp³-hybridized carbons (Fsp3) is 1.00. The van der Waals surface area contributed by atoms with Crippen LogP contribution in [0.15, 0.2) is 0 Å². The van der Waals surface area contributed by atoms with Crippen LogP contribution in [0.25, 0.3) is 0 Å². The number of rotatable bonds is 7. The van der Waals surface area contributed by atoms with E-state index in [-0.39, 0.29) is 0 Å². The molecule has 0 aliphatic heterocycles. The van der Waals surface area contributed by atoms with E-state index in [2.05, 4.69) is 52.0 Å². The Hall–Kier alpha value is -0.0800. The van der Waals surface area contributed by atoms with Crippen LogP contribution in [0.4, 0.5) is 0 Å². The first-order chi connectivity index (χ1) is 8.97. The van der Waals surface area contributed by atoms with Gasteiger partial charge in [-0.3, -0.25) is 0 Å². The zero-order valence-corrected chi connectivity index (χ0v) is 14.1. The average molecular weight is 268 g/mol. The summed E-state index contributed by atoms with van der Waals surface area (Å²) in [6, 6.07) is 0.639. The highest BCUT2D eigenvalue weighted by Crippen LogP contribution is 2.40. The van der Waals surface area contributed by atoms with E-state index in [9.17, 15) is 0 Å². The lowest BCUT2D eigenvalue weighted by molar-refractivity contribution is 0.0233. The number of nitrogens with zero attached hydrogens (tertiary/aromatic N) is 1. The molecule has 0 amide bonds. The molecule has 0 saturated heterocycles. The fourth-order valence-corrected chi connectivity index (χ4v) is 3.75. The van der Waals surface area contributed by atoms with Crippen LogP contribution in [0.2, 0.25) is 0 Å². The predicted octanol–water partition coefficient (Wildman–Crippen LogP) is 3.91. The number of hydrogen-bond donors (Lipinski definition) is 1. The summed E-state index contributed by atoms with van der Waals surface area (Å²) >= 11 is 0. The minimum absolute atomic E-state index is 0.372. The molecule has 0 radical (unpaired) electrons. The highest BCUT2D eigenvalue weighted by Gasteiger charge is 2.44. The van der Waals surface area contributed by atoms with Gasteiger partial charge < -0.3 is 10.2 Å². The fourth-order valence-electron chi connectivity index (χ4n) is 3.75. The van der Waals surface area contributed by atoms with Crippen LogP contribution < -0.4 is 5.32 Å². The molecule has 1 fully saturated rings. The number of hydrogen-bond acceptors (Lipinski definition) is 2. The van der Waals surface area contributed by atoms with Crippen LogP contribution in [-0.4, -0.2) is 37.1 Å². The molecular weight excluding hydrogens is 232 g/mol. The lowest BCUT2D eigenvalue weighted by Crippen LogP contribution is -2.62. The third-order valence-corrected chi connectivity index (χ3v) is 5.44. The first-order valence-corrected chi connectivity index (χ1v) is 8.38. The topological polar surface area (TPSA) is 15.3 Å². The van der Waals surface area contributed by atoms with E-state index in [4.69, 9.17) is 0 Å². The molecule has 0 bridgehead atoms. The van der Waals surface area contributed by atoms with Crippen molar-refractivity contribution in [3.8, 4) is 0 Å². The third kappa shape index (κ3) is 3.95. The minimum atomic E-state index is 0.372. The molecule has 2 atom stereocenters. The van der Waals surface area contributed by atoms with Gasteiger partial charge in [-0.2, -0.15) is 0 Å². The van der Waals surface area contributed by atoms with E-state index in [1.807, 2.05) is 0 Å². The second kappa shape index (κ2) is 7.64. The standard InChI is InChI=1S/C17H36N2/c1-7-13-18-16(15(4)8-2)17(19(5)6)11-9-14(3)10-12-17/h14-16,18H,7-13H2,1-6H3. The first-order valence-electron chi connectivity index (χ1n) is 8.38. The Morgan fingerprint density at radius 1 is 1.21 bits per heavy atom. The normalized spacial score (nSPS) is 31.4. The Bertz CT molecular complexity index is 242. The van der Waals surface area contributed by atoms with Crippen molar-refractivity contribution in [1.82, 2.24) is 10.2 Å². The van der Waals surface area contributed by atoms with Gasteiger partial charge in [0.1, 0.15) is 0 Å². The second-order valence-electron chi connectivity index (χ2n) is 7.00. The quantitative estimate of drug-likeness (QED) is 0.753. The van der Waals surface area contributed by atoms with Gasteiger partial charge in [0.2, 0.25) is 0 Å². The van der Waals surface area contributed by atoms with Gasteiger partial charge in [0, 0.05) is 11.6 Å². The Labute approximate surface area is 121 Å². The molecule has 0 spiro atoms. The summed E-state index contributed by atoms with van der Waals surface area (Å²) in [5.41, 5.74) is 0.372. The van der Waals surface area contributed by atoms with E-state index in [1.54, 1.807) is 0 Å². The highest BCUT2D eigenvalue weighted by molar-refractivity contribution is 5.03. The van der Waals surface area contributed by atoms with Gasteiger partial charge in [-0.25, -0.2) is 0 Å². The summed E-state index contributed by atoms with van der Waals surface area (Å²) in [4.78, 5) is 2.53. The maximum atomic E-state index is 3.89. The van der Waals surface area contributed by atoms with Gasteiger partial charge >= 0.3 is 0 Å². The average Bonchev–Trinajstić information content (AvgIpc) is 2.40. The van der Waals surface area contributed by atoms with Crippen LogP contribution in [-0.2, 0) is 0 Å². The van der Waals surface area contributed by atoms with Crippen molar-refractivity contribution < 1.29 is 0 Å². The molecule has 0 aromatic rings. The highest BCUT2D eigenvalue weighted by atomic mass is 15.2. The zero-order chi connectivity index (χ0) is 14.5. The van der Waals surface area contributed by atoms with Gasteiger partial charge in [-0.15, -0.1) is 0 Å². The van der Waals surface area contributed by atoms with Crippen LogP contribution in [0.1, 0.15) is 66.2 Å². The molecule has 1 aliphatic carbocycles. The van der Waals surface area contributed by atoms with Crippen molar-refractivity contribution >= 4 is 0 Å². The van der Waals surface area contributed by atoms with Crippen LogP contribution >= 0.6 is 0 Å². The van der Waals surface area contributed by atoms with Crippen LogP contribution in [0.5, 0.6) is 0 Å². The van der Waals surface area contributed by atoms with Gasteiger partial charge in [-0.05, 0) is 64.6 Å². The van der Waals surface area contributed by atoms with E-state index in [0.717, 1.165) is 18.4 Å². The minimum Gasteiger partial charge on any atom is -0.312 e. The van der Waals surface area contributed by atoms with Gasteiger partial charge in [0.05, 0.1) is 0 Å². The molecule has 114 valence electrons. The van der Waals surface area contributed by atoms with E-state index in [0.29, 0.717) is 11.6 Å². The van der Waals surface area contributed by atoms with Crippen molar-refractivity contribution in [1.29, 1.82) is 0 Å². The molecule has 2 nitrogen and oxygen atoms in total. The molecule has 2 heteroatoms. The molecule has 0 aromatic heterocycles. The monoisotopic (exact) mass is 268 g/mol. The van der Waals surface area contributed by atoms with Crippen LogP contribution in [0.3, 0.4) is 0 Å². The third-order valence-electron chi connectivity index (χ3n) is 5.44. The van der Waals surface area contributed by atoms with Crippen molar-refractivity contribution in [2.45, 2.75) is 77.8 Å². The lowest BCUT2D eigenvalue weighted by atomic mass is 9.68.